The van der Waals surface area contributed by atoms with Crippen molar-refractivity contribution in [2.45, 2.75) is 18.7 Å². The topological polar surface area (TPSA) is 81.3 Å². The van der Waals surface area contributed by atoms with Gasteiger partial charge in [0.2, 0.25) is 0 Å². The minimum Gasteiger partial charge on any atom is -0.469 e. The number of rotatable bonds is 6. The Bertz CT molecular complexity index is 732. The third kappa shape index (κ3) is 3.84. The highest BCUT2D eigenvalue weighted by Crippen LogP contribution is 2.31. The number of ether oxygens (including phenoxy) is 2. The summed E-state index contributed by atoms with van der Waals surface area (Å²) in [7, 11) is 2.58. The van der Waals surface area contributed by atoms with Crippen LogP contribution in [0.4, 0.5) is 0 Å². The van der Waals surface area contributed by atoms with Crippen LogP contribution in [-0.4, -0.2) is 36.4 Å². The second-order valence-electron chi connectivity index (χ2n) is 4.99. The zero-order valence-electron chi connectivity index (χ0n) is 12.7. The minimum atomic E-state index is -0.634. The van der Waals surface area contributed by atoms with Crippen LogP contribution in [-0.2, 0) is 31.4 Å². The lowest BCUT2D eigenvalue weighted by atomic mass is 9.92. The fraction of sp³-hybridized carbons (Fsp3) is 0.400. The highest BCUT2D eigenvalue weighted by Gasteiger charge is 2.25. The maximum absolute atomic E-state index is 12.0. The first-order valence-corrected chi connectivity index (χ1v) is 8.18. The van der Waals surface area contributed by atoms with Gasteiger partial charge in [-0.05, 0) is 39.5 Å². The zero-order valence-corrected chi connectivity index (χ0v) is 15.0. The predicted molar refractivity (Wildman–Crippen MR) is 89.2 cm³/mol. The van der Waals surface area contributed by atoms with Crippen molar-refractivity contribution in [1.29, 1.82) is 0 Å². The van der Waals surface area contributed by atoms with Gasteiger partial charge in [0.25, 0.3) is 0 Å². The molecule has 6 nitrogen and oxygen atoms in total. The highest BCUT2D eigenvalue weighted by molar-refractivity contribution is 9.10. The number of nitrogens with zero attached hydrogens (tertiary/aromatic N) is 1. The lowest BCUT2D eigenvalue weighted by molar-refractivity contribution is -0.151. The first kappa shape index (κ1) is 17.7. The number of aromatic nitrogens is 2. The van der Waals surface area contributed by atoms with Crippen LogP contribution in [0.15, 0.2) is 16.7 Å². The molecule has 1 atom stereocenters. The van der Waals surface area contributed by atoms with Crippen molar-refractivity contribution in [3.8, 4) is 0 Å². The van der Waals surface area contributed by atoms with E-state index in [1.165, 1.54) is 14.2 Å². The number of carbonyl (C=O) groups excluding carboxylic acids is 2. The molecule has 0 amide bonds. The molecule has 8 heteroatoms. The molecule has 0 saturated carbocycles. The molecule has 0 spiro atoms. The predicted octanol–water partition coefficient (Wildman–Crippen LogP) is 2.96. The highest BCUT2D eigenvalue weighted by atomic mass is 79.9. The lowest BCUT2D eigenvalue weighted by Crippen LogP contribution is -2.23. The van der Waals surface area contributed by atoms with Gasteiger partial charge < -0.3 is 9.47 Å². The zero-order chi connectivity index (χ0) is 17.0. The summed E-state index contributed by atoms with van der Waals surface area (Å²) in [6.45, 7) is 0. The molecular weight excluding hydrogens is 388 g/mol. The van der Waals surface area contributed by atoms with Crippen LogP contribution >= 0.6 is 27.5 Å². The smallest absolute Gasteiger partial charge is 0.309 e. The standard InChI is InChI=1S/C15H16BrClN2O4/c1-22-13(20)5-9(15(21)23-2)3-8-4-12(16)14-11(7-18-19-14)10(8)6-17/h4,7,9H,3,5-6H2,1-2H3,(H,18,19). The van der Waals surface area contributed by atoms with Crippen LogP contribution < -0.4 is 0 Å². The van der Waals surface area contributed by atoms with Gasteiger partial charge in [0.15, 0.2) is 0 Å². The van der Waals surface area contributed by atoms with Gasteiger partial charge in [-0.3, -0.25) is 14.7 Å². The summed E-state index contributed by atoms with van der Waals surface area (Å²) in [5, 5.41) is 7.80. The Balaban J connectivity index is 2.40. The van der Waals surface area contributed by atoms with Crippen LogP contribution in [0.25, 0.3) is 10.9 Å². The van der Waals surface area contributed by atoms with E-state index in [-0.39, 0.29) is 12.3 Å². The monoisotopic (exact) mass is 402 g/mol. The number of alkyl halides is 1. The van der Waals surface area contributed by atoms with Gasteiger partial charge in [0.1, 0.15) is 0 Å². The Morgan fingerprint density at radius 2 is 2.13 bits per heavy atom. The summed E-state index contributed by atoms with van der Waals surface area (Å²) in [4.78, 5) is 23.5. The molecule has 1 unspecified atom stereocenters. The number of H-pyrrole nitrogens is 1. The van der Waals surface area contributed by atoms with Gasteiger partial charge in [-0.2, -0.15) is 5.10 Å². The maximum atomic E-state index is 12.0. The van der Waals surface area contributed by atoms with E-state index in [1.807, 2.05) is 6.07 Å². The van der Waals surface area contributed by atoms with E-state index >= 15 is 0 Å². The molecule has 1 aromatic carbocycles. The van der Waals surface area contributed by atoms with Gasteiger partial charge in [-0.15, -0.1) is 11.6 Å². The maximum Gasteiger partial charge on any atom is 0.309 e. The van der Waals surface area contributed by atoms with Crippen molar-refractivity contribution in [1.82, 2.24) is 10.2 Å². The number of hydrogen-bond acceptors (Lipinski definition) is 5. The quantitative estimate of drug-likeness (QED) is 0.592. The third-order valence-electron chi connectivity index (χ3n) is 3.67. The average Bonchev–Trinajstić information content (AvgIpc) is 3.03. The fourth-order valence-electron chi connectivity index (χ4n) is 2.48. The molecule has 124 valence electrons. The van der Waals surface area contributed by atoms with Crippen molar-refractivity contribution in [3.63, 3.8) is 0 Å². The van der Waals surface area contributed by atoms with Crippen molar-refractivity contribution >= 4 is 50.4 Å². The van der Waals surface area contributed by atoms with Crippen LogP contribution in [0.1, 0.15) is 17.5 Å². The Labute approximate surface area is 146 Å². The molecule has 0 saturated heterocycles. The number of methoxy groups -OCH3 is 2. The van der Waals surface area contributed by atoms with Gasteiger partial charge >= 0.3 is 11.9 Å². The molecule has 0 radical (unpaired) electrons. The van der Waals surface area contributed by atoms with Gasteiger partial charge in [0.05, 0.1) is 38.3 Å². The molecule has 1 heterocycles. The van der Waals surface area contributed by atoms with Gasteiger partial charge in [-0.1, -0.05) is 0 Å². The van der Waals surface area contributed by atoms with Crippen molar-refractivity contribution in [2.75, 3.05) is 14.2 Å². The normalized spacial score (nSPS) is 12.2. The number of halogens is 2. The van der Waals surface area contributed by atoms with Crippen LogP contribution in [0.2, 0.25) is 0 Å². The number of esters is 2. The summed E-state index contributed by atoms with van der Waals surface area (Å²) >= 11 is 9.56. The number of nitrogens with one attached hydrogen (secondary N) is 1. The Hall–Kier alpha value is -1.60. The molecular formula is C15H16BrClN2O4. The minimum absolute atomic E-state index is 0.0497. The van der Waals surface area contributed by atoms with Crippen LogP contribution in [0, 0.1) is 5.92 Å². The molecule has 1 N–H and O–H groups in total. The summed E-state index contributed by atoms with van der Waals surface area (Å²) in [6.07, 6.45) is 1.96. The molecule has 2 rings (SSSR count). The van der Waals surface area contributed by atoms with E-state index < -0.39 is 17.9 Å². The van der Waals surface area contributed by atoms with E-state index in [2.05, 4.69) is 30.9 Å². The van der Waals surface area contributed by atoms with E-state index in [4.69, 9.17) is 16.3 Å². The van der Waals surface area contributed by atoms with E-state index in [0.29, 0.717) is 6.42 Å². The number of aromatic amines is 1. The summed E-state index contributed by atoms with van der Waals surface area (Å²) in [5.74, 6) is -1.29. The molecule has 0 bridgehead atoms. The van der Waals surface area contributed by atoms with Crippen LogP contribution in [0.3, 0.4) is 0 Å². The Morgan fingerprint density at radius 3 is 2.74 bits per heavy atom. The first-order chi connectivity index (χ1) is 11.0. The third-order valence-corrected chi connectivity index (χ3v) is 4.56. The fourth-order valence-corrected chi connectivity index (χ4v) is 3.37. The number of fused-ring (bicyclic) bond motifs is 1. The molecule has 2 aromatic rings. The van der Waals surface area contributed by atoms with E-state index in [9.17, 15) is 9.59 Å². The van der Waals surface area contributed by atoms with Gasteiger partial charge in [-0.25, -0.2) is 0 Å². The SMILES string of the molecule is COC(=O)CC(Cc1cc(Br)c2[nH]ncc2c1CCl)C(=O)OC. The molecule has 23 heavy (non-hydrogen) atoms. The Kier molecular flexibility index (Phi) is 6.01. The second-order valence-corrected chi connectivity index (χ2v) is 6.11. The number of benzene rings is 1. The van der Waals surface area contributed by atoms with E-state index in [0.717, 1.165) is 26.5 Å². The lowest BCUT2D eigenvalue weighted by Gasteiger charge is -2.16. The van der Waals surface area contributed by atoms with Crippen molar-refractivity contribution in [2.24, 2.45) is 5.92 Å². The summed E-state index contributed by atoms with van der Waals surface area (Å²) in [6, 6.07) is 1.88. The molecule has 0 fully saturated rings. The second kappa shape index (κ2) is 7.79. The largest absolute Gasteiger partial charge is 0.469 e. The molecule has 0 aliphatic carbocycles. The Morgan fingerprint density at radius 1 is 1.39 bits per heavy atom. The molecule has 0 aliphatic heterocycles. The number of hydrogen-bond donors (Lipinski definition) is 1. The van der Waals surface area contributed by atoms with Crippen molar-refractivity contribution in [3.05, 3.63) is 27.9 Å². The summed E-state index contributed by atoms with van der Waals surface area (Å²) < 4.78 is 10.3. The first-order valence-electron chi connectivity index (χ1n) is 6.85. The van der Waals surface area contributed by atoms with Gasteiger partial charge in [0, 0.05) is 15.7 Å². The molecule has 1 aromatic heterocycles. The molecule has 0 aliphatic rings. The summed E-state index contributed by atoms with van der Waals surface area (Å²) in [5.41, 5.74) is 2.57. The van der Waals surface area contributed by atoms with Crippen LogP contribution in [0.5, 0.6) is 0 Å². The average molecular weight is 404 g/mol. The number of carbonyl (C=O) groups is 2. The van der Waals surface area contributed by atoms with Crippen molar-refractivity contribution < 1.29 is 19.1 Å². The van der Waals surface area contributed by atoms with E-state index in [1.54, 1.807) is 6.20 Å².